The summed E-state index contributed by atoms with van der Waals surface area (Å²) in [5.74, 6) is 0.327. The molecule has 1 aliphatic heterocycles. The Balaban J connectivity index is 1.47. The fourth-order valence-corrected chi connectivity index (χ4v) is 3.18. The van der Waals surface area contributed by atoms with Crippen LogP contribution < -0.4 is 5.32 Å². The summed E-state index contributed by atoms with van der Waals surface area (Å²) in [4.78, 5) is 0. The molecular formula is C16H22FNO. The van der Waals surface area contributed by atoms with Crippen molar-refractivity contribution in [2.75, 3.05) is 13.2 Å². The Kier molecular flexibility index (Phi) is 3.59. The molecule has 0 radical (unpaired) electrons. The normalized spacial score (nSPS) is 34.2. The van der Waals surface area contributed by atoms with Crippen LogP contribution in [0.3, 0.4) is 0 Å². The lowest BCUT2D eigenvalue weighted by Gasteiger charge is -2.38. The maximum Gasteiger partial charge on any atom is 0.126 e. The van der Waals surface area contributed by atoms with E-state index in [1.54, 1.807) is 12.1 Å². The molecule has 1 saturated heterocycles. The Morgan fingerprint density at radius 2 is 2.16 bits per heavy atom. The van der Waals surface area contributed by atoms with E-state index >= 15 is 0 Å². The van der Waals surface area contributed by atoms with Gasteiger partial charge in [-0.1, -0.05) is 18.2 Å². The number of ether oxygens (including phenoxy) is 1. The van der Waals surface area contributed by atoms with E-state index in [-0.39, 0.29) is 11.4 Å². The van der Waals surface area contributed by atoms with E-state index in [4.69, 9.17) is 4.74 Å². The zero-order valence-electron chi connectivity index (χ0n) is 11.5. The van der Waals surface area contributed by atoms with Gasteiger partial charge in [-0.2, -0.15) is 0 Å². The van der Waals surface area contributed by atoms with Gasteiger partial charge in [0, 0.05) is 19.2 Å². The van der Waals surface area contributed by atoms with Gasteiger partial charge < -0.3 is 10.1 Å². The lowest BCUT2D eigenvalue weighted by molar-refractivity contribution is 0.0158. The summed E-state index contributed by atoms with van der Waals surface area (Å²) in [7, 11) is 0. The highest BCUT2D eigenvalue weighted by molar-refractivity contribution is 5.24. The summed E-state index contributed by atoms with van der Waals surface area (Å²) in [6.45, 7) is 3.99. The minimum Gasteiger partial charge on any atom is -0.374 e. The van der Waals surface area contributed by atoms with Crippen LogP contribution in [0.5, 0.6) is 0 Å². The Morgan fingerprint density at radius 3 is 2.84 bits per heavy atom. The van der Waals surface area contributed by atoms with Gasteiger partial charge in [0.05, 0.1) is 5.60 Å². The molecule has 2 aliphatic rings. The Hall–Kier alpha value is -0.930. The molecule has 1 aromatic carbocycles. The third-order valence-electron chi connectivity index (χ3n) is 4.55. The first kappa shape index (κ1) is 13.1. The molecule has 1 atom stereocenters. The second-order valence-corrected chi connectivity index (χ2v) is 6.17. The van der Waals surface area contributed by atoms with Gasteiger partial charge in [0.15, 0.2) is 0 Å². The first-order valence-corrected chi connectivity index (χ1v) is 7.28. The van der Waals surface area contributed by atoms with Crippen LogP contribution in [0.25, 0.3) is 0 Å². The quantitative estimate of drug-likeness (QED) is 0.900. The average molecular weight is 263 g/mol. The largest absolute Gasteiger partial charge is 0.374 e. The molecule has 1 aliphatic carbocycles. The number of benzene rings is 1. The molecule has 2 nitrogen and oxygen atoms in total. The molecule has 0 amide bonds. The van der Waals surface area contributed by atoms with Gasteiger partial charge >= 0.3 is 0 Å². The van der Waals surface area contributed by atoms with Crippen molar-refractivity contribution in [3.8, 4) is 0 Å². The second-order valence-electron chi connectivity index (χ2n) is 6.17. The van der Waals surface area contributed by atoms with E-state index in [1.807, 2.05) is 12.1 Å². The van der Waals surface area contributed by atoms with Crippen molar-refractivity contribution in [2.45, 2.75) is 50.2 Å². The zero-order chi connectivity index (χ0) is 13.3. The zero-order valence-corrected chi connectivity index (χ0v) is 11.5. The standard InChI is InChI=1S/C16H22FNO/c1-16(7-4-8-19-16)11-18-13-9-12(10-13)14-5-2-3-6-15(14)17/h2-3,5-6,12-13,18H,4,7-11H2,1H3. The molecule has 0 aromatic heterocycles. The third kappa shape index (κ3) is 2.82. The third-order valence-corrected chi connectivity index (χ3v) is 4.55. The molecular weight excluding hydrogens is 241 g/mol. The monoisotopic (exact) mass is 263 g/mol. The SMILES string of the molecule is CC1(CNC2CC(c3ccccc3F)C2)CCCO1. The summed E-state index contributed by atoms with van der Waals surface area (Å²) in [6.07, 6.45) is 4.39. The van der Waals surface area contributed by atoms with E-state index in [1.165, 1.54) is 6.42 Å². The van der Waals surface area contributed by atoms with Crippen LogP contribution >= 0.6 is 0 Å². The predicted molar refractivity (Wildman–Crippen MR) is 73.8 cm³/mol. The van der Waals surface area contributed by atoms with Gasteiger partial charge in [-0.3, -0.25) is 0 Å². The van der Waals surface area contributed by atoms with Crippen molar-refractivity contribution >= 4 is 0 Å². The van der Waals surface area contributed by atoms with E-state index in [9.17, 15) is 4.39 Å². The summed E-state index contributed by atoms with van der Waals surface area (Å²) >= 11 is 0. The maximum absolute atomic E-state index is 13.6. The van der Waals surface area contributed by atoms with E-state index in [0.29, 0.717) is 12.0 Å². The summed E-state index contributed by atoms with van der Waals surface area (Å²) in [6, 6.07) is 7.67. The molecule has 0 spiro atoms. The van der Waals surface area contributed by atoms with Gasteiger partial charge in [-0.25, -0.2) is 4.39 Å². The second kappa shape index (κ2) is 5.22. The maximum atomic E-state index is 13.6. The number of rotatable bonds is 4. The number of hydrogen-bond acceptors (Lipinski definition) is 2. The van der Waals surface area contributed by atoms with Crippen LogP contribution in [-0.2, 0) is 4.74 Å². The van der Waals surface area contributed by atoms with Crippen molar-refractivity contribution < 1.29 is 9.13 Å². The number of nitrogens with one attached hydrogen (secondary N) is 1. The van der Waals surface area contributed by atoms with Gasteiger partial charge in [0.25, 0.3) is 0 Å². The minimum absolute atomic E-state index is 0.0169. The van der Waals surface area contributed by atoms with Crippen LogP contribution in [0.15, 0.2) is 24.3 Å². The molecule has 0 bridgehead atoms. The van der Waals surface area contributed by atoms with Crippen molar-refractivity contribution in [2.24, 2.45) is 0 Å². The summed E-state index contributed by atoms with van der Waals surface area (Å²) in [5, 5.41) is 3.57. The van der Waals surface area contributed by atoms with E-state index < -0.39 is 0 Å². The first-order chi connectivity index (χ1) is 9.16. The van der Waals surface area contributed by atoms with Crippen LogP contribution in [0.4, 0.5) is 4.39 Å². The van der Waals surface area contributed by atoms with Crippen LogP contribution in [0.1, 0.15) is 44.1 Å². The van der Waals surface area contributed by atoms with Crippen LogP contribution in [0, 0.1) is 5.82 Å². The average Bonchev–Trinajstić information content (AvgIpc) is 2.77. The highest BCUT2D eigenvalue weighted by atomic mass is 19.1. The molecule has 1 unspecified atom stereocenters. The molecule has 104 valence electrons. The van der Waals surface area contributed by atoms with Gasteiger partial charge in [0.1, 0.15) is 5.82 Å². The molecule has 2 fully saturated rings. The van der Waals surface area contributed by atoms with Crippen molar-refractivity contribution in [3.63, 3.8) is 0 Å². The van der Waals surface area contributed by atoms with E-state index in [0.717, 1.165) is 38.0 Å². The molecule has 1 heterocycles. The van der Waals surface area contributed by atoms with Gasteiger partial charge in [-0.05, 0) is 50.2 Å². The lowest BCUT2D eigenvalue weighted by Crippen LogP contribution is -2.47. The highest BCUT2D eigenvalue weighted by Crippen LogP contribution is 2.38. The molecule has 19 heavy (non-hydrogen) atoms. The smallest absolute Gasteiger partial charge is 0.126 e. The predicted octanol–water partition coefficient (Wildman–Crippen LogP) is 3.23. The number of halogens is 1. The highest BCUT2D eigenvalue weighted by Gasteiger charge is 2.35. The molecule has 3 rings (SSSR count). The fraction of sp³-hybridized carbons (Fsp3) is 0.625. The molecule has 1 N–H and O–H groups in total. The van der Waals surface area contributed by atoms with Crippen molar-refractivity contribution in [1.29, 1.82) is 0 Å². The lowest BCUT2D eigenvalue weighted by atomic mass is 9.75. The van der Waals surface area contributed by atoms with Crippen molar-refractivity contribution in [1.82, 2.24) is 5.32 Å². The Labute approximate surface area is 114 Å². The number of hydrogen-bond donors (Lipinski definition) is 1. The van der Waals surface area contributed by atoms with Crippen molar-refractivity contribution in [3.05, 3.63) is 35.6 Å². The topological polar surface area (TPSA) is 21.3 Å². The fourth-order valence-electron chi connectivity index (χ4n) is 3.18. The molecule has 3 heteroatoms. The van der Waals surface area contributed by atoms with E-state index in [2.05, 4.69) is 12.2 Å². The van der Waals surface area contributed by atoms with Crippen LogP contribution in [-0.4, -0.2) is 24.8 Å². The Bertz CT molecular complexity index is 436. The summed E-state index contributed by atoms with van der Waals surface area (Å²) in [5.41, 5.74) is 0.896. The Morgan fingerprint density at radius 1 is 1.37 bits per heavy atom. The molecule has 1 aromatic rings. The first-order valence-electron chi connectivity index (χ1n) is 7.28. The summed E-state index contributed by atoms with van der Waals surface area (Å²) < 4.78 is 19.4. The van der Waals surface area contributed by atoms with Crippen LogP contribution in [0.2, 0.25) is 0 Å². The molecule has 1 saturated carbocycles. The van der Waals surface area contributed by atoms with Gasteiger partial charge in [0.2, 0.25) is 0 Å². The minimum atomic E-state index is -0.0583. The van der Waals surface area contributed by atoms with Gasteiger partial charge in [-0.15, -0.1) is 0 Å².